The number of carbonyl (C=O) groups is 2. The third-order valence-electron chi connectivity index (χ3n) is 3.23. The number of rotatable bonds is 3. The molecule has 1 amide bonds. The Morgan fingerprint density at radius 1 is 1.50 bits per heavy atom. The smallest absolute Gasteiger partial charge is 0.303 e. The molecule has 18 heavy (non-hydrogen) atoms. The maximum Gasteiger partial charge on any atom is 0.303 e. The van der Waals surface area contributed by atoms with Crippen LogP contribution in [0.15, 0.2) is 0 Å². The monoisotopic (exact) mass is 256 g/mol. The molecule has 1 saturated heterocycles. The van der Waals surface area contributed by atoms with Gasteiger partial charge in [-0.05, 0) is 33.1 Å². The Balaban J connectivity index is 2.79. The van der Waals surface area contributed by atoms with Gasteiger partial charge in [0.05, 0.1) is 6.04 Å². The van der Waals surface area contributed by atoms with E-state index in [1.165, 1.54) is 0 Å². The zero-order valence-electron chi connectivity index (χ0n) is 11.7. The van der Waals surface area contributed by atoms with Crippen molar-refractivity contribution in [2.24, 2.45) is 5.92 Å². The zero-order valence-corrected chi connectivity index (χ0v) is 11.7. The average Bonchev–Trinajstić information content (AvgIpc) is 2.36. The molecule has 1 fully saturated rings. The van der Waals surface area contributed by atoms with Gasteiger partial charge in [0.2, 0.25) is 5.91 Å². The van der Waals surface area contributed by atoms with Crippen LogP contribution in [0.2, 0.25) is 0 Å². The van der Waals surface area contributed by atoms with E-state index in [0.717, 1.165) is 13.1 Å². The fraction of sp³-hybridized carbons (Fsp3) is 0.846. The summed E-state index contributed by atoms with van der Waals surface area (Å²) in [5, 5.41) is 11.9. The number of hydrogen-bond donors (Lipinski definition) is 2. The summed E-state index contributed by atoms with van der Waals surface area (Å²) in [4.78, 5) is 24.9. The third kappa shape index (κ3) is 3.98. The van der Waals surface area contributed by atoms with E-state index in [1.807, 2.05) is 25.7 Å². The predicted molar refractivity (Wildman–Crippen MR) is 69.3 cm³/mol. The van der Waals surface area contributed by atoms with E-state index in [0.29, 0.717) is 12.3 Å². The maximum atomic E-state index is 12.4. The summed E-state index contributed by atoms with van der Waals surface area (Å²) in [7, 11) is 0. The van der Waals surface area contributed by atoms with Gasteiger partial charge < -0.3 is 15.3 Å². The van der Waals surface area contributed by atoms with Crippen LogP contribution in [0, 0.1) is 5.92 Å². The highest BCUT2D eigenvalue weighted by molar-refractivity contribution is 5.83. The molecule has 0 aromatic rings. The summed E-state index contributed by atoms with van der Waals surface area (Å²) < 4.78 is 0. The minimum Gasteiger partial charge on any atom is -0.481 e. The SMILES string of the molecule is CC1CNC(CCC(=O)O)C(=O)N(C(C)(C)C)C1. The second-order valence-corrected chi connectivity index (χ2v) is 6.12. The quantitative estimate of drug-likeness (QED) is 0.793. The third-order valence-corrected chi connectivity index (χ3v) is 3.23. The summed E-state index contributed by atoms with van der Waals surface area (Å²) >= 11 is 0. The lowest BCUT2D eigenvalue weighted by Gasteiger charge is -2.37. The van der Waals surface area contributed by atoms with Crippen LogP contribution in [-0.2, 0) is 9.59 Å². The van der Waals surface area contributed by atoms with E-state index in [1.54, 1.807) is 0 Å². The van der Waals surface area contributed by atoms with Crippen LogP contribution < -0.4 is 5.32 Å². The second kappa shape index (κ2) is 5.69. The zero-order chi connectivity index (χ0) is 13.9. The topological polar surface area (TPSA) is 69.6 Å². The summed E-state index contributed by atoms with van der Waals surface area (Å²) in [6.45, 7) is 9.60. The molecular weight excluding hydrogens is 232 g/mol. The Hall–Kier alpha value is -1.10. The molecule has 0 aromatic heterocycles. The minimum atomic E-state index is -0.857. The van der Waals surface area contributed by atoms with Crippen LogP contribution in [0.3, 0.4) is 0 Å². The van der Waals surface area contributed by atoms with Gasteiger partial charge in [-0.3, -0.25) is 9.59 Å². The average molecular weight is 256 g/mol. The van der Waals surface area contributed by atoms with Gasteiger partial charge >= 0.3 is 5.97 Å². The maximum absolute atomic E-state index is 12.4. The molecule has 0 bridgehead atoms. The molecule has 0 radical (unpaired) electrons. The molecule has 2 N–H and O–H groups in total. The number of carbonyl (C=O) groups excluding carboxylic acids is 1. The molecule has 1 aliphatic rings. The fourth-order valence-corrected chi connectivity index (χ4v) is 2.18. The number of carboxylic acid groups (broad SMARTS) is 1. The molecule has 0 aliphatic carbocycles. The van der Waals surface area contributed by atoms with Gasteiger partial charge in [0, 0.05) is 25.0 Å². The van der Waals surface area contributed by atoms with Crippen molar-refractivity contribution in [3.05, 3.63) is 0 Å². The van der Waals surface area contributed by atoms with Crippen molar-refractivity contribution in [1.82, 2.24) is 10.2 Å². The number of aliphatic carboxylic acids is 1. The van der Waals surface area contributed by atoms with Gasteiger partial charge in [-0.15, -0.1) is 0 Å². The number of nitrogens with one attached hydrogen (secondary N) is 1. The van der Waals surface area contributed by atoms with Gasteiger partial charge in [0.25, 0.3) is 0 Å². The second-order valence-electron chi connectivity index (χ2n) is 6.12. The molecule has 1 aliphatic heterocycles. The summed E-state index contributed by atoms with van der Waals surface area (Å²) in [6.07, 6.45) is 0.378. The molecule has 5 heteroatoms. The lowest BCUT2D eigenvalue weighted by molar-refractivity contribution is -0.139. The standard InChI is InChI=1S/C13H24N2O3/c1-9-7-14-10(5-6-11(16)17)12(18)15(8-9)13(2,3)4/h9-10,14H,5-8H2,1-4H3,(H,16,17). The lowest BCUT2D eigenvalue weighted by atomic mass is 10.0. The largest absolute Gasteiger partial charge is 0.481 e. The van der Waals surface area contributed by atoms with Crippen LogP contribution in [0.4, 0.5) is 0 Å². The molecular formula is C13H24N2O3. The van der Waals surface area contributed by atoms with Crippen LogP contribution in [0.1, 0.15) is 40.5 Å². The van der Waals surface area contributed by atoms with E-state index in [9.17, 15) is 9.59 Å². The van der Waals surface area contributed by atoms with Crippen molar-refractivity contribution < 1.29 is 14.7 Å². The molecule has 5 nitrogen and oxygen atoms in total. The van der Waals surface area contributed by atoms with Crippen molar-refractivity contribution in [3.8, 4) is 0 Å². The highest BCUT2D eigenvalue weighted by Gasteiger charge is 2.35. The molecule has 2 atom stereocenters. The first-order valence-corrected chi connectivity index (χ1v) is 6.48. The molecule has 0 saturated carbocycles. The Bertz CT molecular complexity index is 323. The molecule has 2 unspecified atom stereocenters. The minimum absolute atomic E-state index is 0.0214. The number of amides is 1. The molecule has 0 aromatic carbocycles. The first kappa shape index (κ1) is 15.0. The van der Waals surface area contributed by atoms with Crippen molar-refractivity contribution >= 4 is 11.9 Å². The van der Waals surface area contributed by atoms with Crippen molar-refractivity contribution in [3.63, 3.8) is 0 Å². The number of hydrogen-bond acceptors (Lipinski definition) is 3. The van der Waals surface area contributed by atoms with Crippen LogP contribution in [0.5, 0.6) is 0 Å². The summed E-state index contributed by atoms with van der Waals surface area (Å²) in [5.41, 5.74) is -0.223. The molecule has 104 valence electrons. The van der Waals surface area contributed by atoms with Gasteiger partial charge in [0.1, 0.15) is 0 Å². The first-order valence-electron chi connectivity index (χ1n) is 6.48. The van der Waals surface area contributed by atoms with Crippen LogP contribution >= 0.6 is 0 Å². The van der Waals surface area contributed by atoms with Crippen LogP contribution in [0.25, 0.3) is 0 Å². The lowest BCUT2D eigenvalue weighted by Crippen LogP contribution is -2.51. The highest BCUT2D eigenvalue weighted by Crippen LogP contribution is 2.20. The van der Waals surface area contributed by atoms with Crippen LogP contribution in [-0.4, -0.2) is 46.6 Å². The first-order chi connectivity index (χ1) is 8.21. The predicted octanol–water partition coefficient (Wildman–Crippen LogP) is 1.09. The highest BCUT2D eigenvalue weighted by atomic mass is 16.4. The van der Waals surface area contributed by atoms with Gasteiger partial charge in [-0.1, -0.05) is 6.92 Å². The Kier molecular flexibility index (Phi) is 4.73. The normalized spacial score (nSPS) is 26.0. The number of nitrogens with zero attached hydrogens (tertiary/aromatic N) is 1. The van der Waals surface area contributed by atoms with E-state index < -0.39 is 5.97 Å². The molecule has 0 spiro atoms. The Labute approximate surface area is 109 Å². The Morgan fingerprint density at radius 3 is 2.61 bits per heavy atom. The molecule has 1 heterocycles. The molecule has 1 rings (SSSR count). The number of carboxylic acids is 1. The Morgan fingerprint density at radius 2 is 2.11 bits per heavy atom. The van der Waals surface area contributed by atoms with Crippen molar-refractivity contribution in [1.29, 1.82) is 0 Å². The van der Waals surface area contributed by atoms with E-state index in [2.05, 4.69) is 12.2 Å². The van der Waals surface area contributed by atoms with Crippen molar-refractivity contribution in [2.75, 3.05) is 13.1 Å². The van der Waals surface area contributed by atoms with Gasteiger partial charge in [-0.25, -0.2) is 0 Å². The summed E-state index contributed by atoms with van der Waals surface area (Å²) in [6, 6.07) is -0.370. The van der Waals surface area contributed by atoms with E-state index in [-0.39, 0.29) is 23.9 Å². The van der Waals surface area contributed by atoms with Gasteiger partial charge in [-0.2, -0.15) is 0 Å². The summed E-state index contributed by atoms with van der Waals surface area (Å²) in [5.74, 6) is -0.458. The van der Waals surface area contributed by atoms with Gasteiger partial charge in [0.15, 0.2) is 0 Å². The van der Waals surface area contributed by atoms with Crippen molar-refractivity contribution in [2.45, 2.75) is 52.1 Å². The fourth-order valence-electron chi connectivity index (χ4n) is 2.18. The van der Waals surface area contributed by atoms with E-state index >= 15 is 0 Å². The van der Waals surface area contributed by atoms with E-state index in [4.69, 9.17) is 5.11 Å².